The number of carbonyl (C=O) groups is 2. The Morgan fingerprint density at radius 1 is 1.16 bits per heavy atom. The normalized spacial score (nSPS) is 19.4. The number of nitrogens with zero attached hydrogens (tertiary/aromatic N) is 4. The van der Waals surface area contributed by atoms with Gasteiger partial charge in [0, 0.05) is 30.2 Å². The lowest BCUT2D eigenvalue weighted by atomic mass is 9.79. The molecule has 1 aliphatic carbocycles. The van der Waals surface area contributed by atoms with Gasteiger partial charge in [-0.05, 0) is 57.6 Å². The highest BCUT2D eigenvalue weighted by atomic mass is 19.1. The summed E-state index contributed by atoms with van der Waals surface area (Å²) in [6, 6.07) is 1.52. The van der Waals surface area contributed by atoms with Gasteiger partial charge in [0.15, 0.2) is 0 Å². The van der Waals surface area contributed by atoms with E-state index < -0.39 is 23.5 Å². The van der Waals surface area contributed by atoms with Gasteiger partial charge in [0.1, 0.15) is 17.6 Å². The third kappa shape index (κ3) is 5.98. The summed E-state index contributed by atoms with van der Waals surface area (Å²) in [7, 11) is 0. The van der Waals surface area contributed by atoms with Crippen LogP contribution in [-0.2, 0) is 4.79 Å². The summed E-state index contributed by atoms with van der Waals surface area (Å²) in [6.07, 6.45) is 9.29. The van der Waals surface area contributed by atoms with Crippen LogP contribution in [0.25, 0.3) is 0 Å². The van der Waals surface area contributed by atoms with Crippen molar-refractivity contribution in [1.29, 1.82) is 0 Å². The molecule has 0 bridgehead atoms. The second-order valence-electron chi connectivity index (χ2n) is 10.2. The van der Waals surface area contributed by atoms with Crippen LogP contribution in [0.3, 0.4) is 0 Å². The summed E-state index contributed by atoms with van der Waals surface area (Å²) in [5.74, 6) is -0.653. The summed E-state index contributed by atoms with van der Waals surface area (Å²) >= 11 is 0. The Balaban J connectivity index is 1.52. The largest absolute Gasteiger partial charge is 0.339 e. The van der Waals surface area contributed by atoms with Crippen LogP contribution in [0.5, 0.6) is 0 Å². The highest BCUT2D eigenvalue weighted by Gasteiger charge is 2.33. The zero-order valence-electron chi connectivity index (χ0n) is 21.6. The minimum atomic E-state index is -0.734. The average molecular weight is 512 g/mol. The van der Waals surface area contributed by atoms with Crippen molar-refractivity contribution in [2.24, 2.45) is 11.8 Å². The maximum absolute atomic E-state index is 13.7. The number of anilines is 1. The van der Waals surface area contributed by atoms with Gasteiger partial charge in [0.25, 0.3) is 11.5 Å². The number of aromatic nitrogens is 5. The molecular weight excluding hydrogens is 477 g/mol. The predicted octanol–water partition coefficient (Wildman–Crippen LogP) is 3.66. The van der Waals surface area contributed by atoms with E-state index in [4.69, 9.17) is 0 Å². The Morgan fingerprint density at radius 3 is 2.59 bits per heavy atom. The van der Waals surface area contributed by atoms with E-state index in [0.717, 1.165) is 31.9 Å². The lowest BCUT2D eigenvalue weighted by molar-refractivity contribution is -0.119. The molecule has 1 saturated carbocycles. The molecule has 2 unspecified atom stereocenters. The molecule has 1 aliphatic rings. The summed E-state index contributed by atoms with van der Waals surface area (Å²) in [4.78, 5) is 41.2. The third-order valence-electron chi connectivity index (χ3n) is 7.11. The molecule has 2 amide bonds. The molecule has 1 fully saturated rings. The van der Waals surface area contributed by atoms with Crippen LogP contribution in [-0.4, -0.2) is 42.4 Å². The molecule has 4 rings (SSSR count). The van der Waals surface area contributed by atoms with Crippen LogP contribution >= 0.6 is 0 Å². The molecule has 37 heavy (non-hydrogen) atoms. The fraction of sp³-hybridized carbons (Fsp3) is 0.500. The molecule has 0 aromatic carbocycles. The number of halogens is 1. The monoisotopic (exact) mass is 511 g/mol. The van der Waals surface area contributed by atoms with Crippen molar-refractivity contribution in [3.63, 3.8) is 0 Å². The standard InChI is InChI=1S/C26H34FN7O3/c1-15(2)34-22(9-10-29-34)25(36)32-23(18-7-5-16(3)6-8-18)26(37)31-20-13-30-33(14-20)17(4)21-11-19(27)12-28-24(21)35/h9-18,23H,5-8H2,1-4H3,(H,28,35)(H,31,37)(H,32,36). The molecule has 11 heteroatoms. The minimum absolute atomic E-state index is 0.00304. The first kappa shape index (κ1) is 26.3. The molecular formula is C26H34FN7O3. The van der Waals surface area contributed by atoms with Crippen LogP contribution in [0.1, 0.15) is 81.5 Å². The van der Waals surface area contributed by atoms with E-state index in [1.54, 1.807) is 30.1 Å². The Morgan fingerprint density at radius 2 is 1.89 bits per heavy atom. The Hall–Kier alpha value is -3.76. The van der Waals surface area contributed by atoms with E-state index in [1.165, 1.54) is 16.9 Å². The number of nitrogens with one attached hydrogen (secondary N) is 3. The SMILES string of the molecule is CC1CCC(C(NC(=O)c2ccnn2C(C)C)C(=O)Nc2cnn(C(C)c3cc(F)c[nH]c3=O)c2)CC1. The number of hydrogen-bond acceptors (Lipinski definition) is 5. The number of rotatable bonds is 8. The van der Waals surface area contributed by atoms with E-state index >= 15 is 0 Å². The van der Waals surface area contributed by atoms with Gasteiger partial charge in [-0.2, -0.15) is 10.2 Å². The summed E-state index contributed by atoms with van der Waals surface area (Å²) in [5.41, 5.74) is 0.619. The zero-order valence-corrected chi connectivity index (χ0v) is 21.6. The molecule has 0 aliphatic heterocycles. The zero-order chi connectivity index (χ0) is 26.7. The number of H-pyrrole nitrogens is 1. The molecule has 3 aromatic heterocycles. The quantitative estimate of drug-likeness (QED) is 0.425. The number of carbonyl (C=O) groups excluding carboxylic acids is 2. The third-order valence-corrected chi connectivity index (χ3v) is 7.11. The molecule has 3 aromatic rings. The van der Waals surface area contributed by atoms with E-state index in [2.05, 4.69) is 32.7 Å². The highest BCUT2D eigenvalue weighted by Crippen LogP contribution is 2.31. The van der Waals surface area contributed by atoms with Crippen molar-refractivity contribution < 1.29 is 14.0 Å². The van der Waals surface area contributed by atoms with E-state index in [1.807, 2.05) is 13.8 Å². The fourth-order valence-corrected chi connectivity index (χ4v) is 4.90. The van der Waals surface area contributed by atoms with Crippen LogP contribution in [0.4, 0.5) is 10.1 Å². The molecule has 3 N–H and O–H groups in total. The van der Waals surface area contributed by atoms with E-state index in [0.29, 0.717) is 17.3 Å². The van der Waals surface area contributed by atoms with Crippen molar-refractivity contribution in [2.75, 3.05) is 5.32 Å². The van der Waals surface area contributed by atoms with Crippen molar-refractivity contribution in [2.45, 2.75) is 71.5 Å². The van der Waals surface area contributed by atoms with Gasteiger partial charge < -0.3 is 15.6 Å². The fourth-order valence-electron chi connectivity index (χ4n) is 4.90. The van der Waals surface area contributed by atoms with Gasteiger partial charge in [-0.25, -0.2) is 4.39 Å². The van der Waals surface area contributed by atoms with E-state index in [-0.39, 0.29) is 29.3 Å². The average Bonchev–Trinajstić information content (AvgIpc) is 3.54. The van der Waals surface area contributed by atoms with Crippen LogP contribution in [0.15, 0.2) is 41.7 Å². The number of hydrogen-bond donors (Lipinski definition) is 3. The molecule has 0 saturated heterocycles. The highest BCUT2D eigenvalue weighted by molar-refractivity contribution is 6.00. The first-order valence-electron chi connectivity index (χ1n) is 12.7. The number of aromatic amines is 1. The Bertz CT molecular complexity index is 1300. The van der Waals surface area contributed by atoms with Gasteiger partial charge in [-0.15, -0.1) is 0 Å². The maximum atomic E-state index is 13.7. The van der Waals surface area contributed by atoms with Gasteiger partial charge in [-0.3, -0.25) is 23.7 Å². The molecule has 198 valence electrons. The summed E-state index contributed by atoms with van der Waals surface area (Å²) in [5, 5.41) is 14.3. The van der Waals surface area contributed by atoms with Crippen molar-refractivity contribution >= 4 is 17.5 Å². The van der Waals surface area contributed by atoms with Crippen molar-refractivity contribution in [3.8, 4) is 0 Å². The molecule has 2 atom stereocenters. The van der Waals surface area contributed by atoms with Crippen molar-refractivity contribution in [1.82, 2.24) is 29.9 Å². The molecule has 3 heterocycles. The van der Waals surface area contributed by atoms with Crippen LogP contribution in [0.2, 0.25) is 0 Å². The van der Waals surface area contributed by atoms with Gasteiger partial charge in [0.2, 0.25) is 5.91 Å². The lowest BCUT2D eigenvalue weighted by Gasteiger charge is -2.32. The minimum Gasteiger partial charge on any atom is -0.339 e. The second-order valence-corrected chi connectivity index (χ2v) is 10.2. The first-order chi connectivity index (χ1) is 17.6. The number of pyridine rings is 1. The van der Waals surface area contributed by atoms with Crippen LogP contribution < -0.4 is 16.2 Å². The second kappa shape index (κ2) is 11.1. The predicted molar refractivity (Wildman–Crippen MR) is 137 cm³/mol. The topological polar surface area (TPSA) is 127 Å². The van der Waals surface area contributed by atoms with E-state index in [9.17, 15) is 18.8 Å². The lowest BCUT2D eigenvalue weighted by Crippen LogP contribution is -2.49. The Kier molecular flexibility index (Phi) is 7.89. The summed E-state index contributed by atoms with van der Waals surface area (Å²) < 4.78 is 16.8. The number of amides is 2. The molecule has 10 nitrogen and oxygen atoms in total. The van der Waals surface area contributed by atoms with Gasteiger partial charge in [-0.1, -0.05) is 19.8 Å². The maximum Gasteiger partial charge on any atom is 0.270 e. The Labute approximate surface area is 214 Å². The van der Waals surface area contributed by atoms with Crippen molar-refractivity contribution in [3.05, 3.63) is 64.3 Å². The summed E-state index contributed by atoms with van der Waals surface area (Å²) in [6.45, 7) is 7.79. The smallest absolute Gasteiger partial charge is 0.270 e. The van der Waals surface area contributed by atoms with Gasteiger partial charge in [0.05, 0.1) is 17.9 Å². The van der Waals surface area contributed by atoms with Crippen LogP contribution in [0, 0.1) is 17.7 Å². The molecule has 0 radical (unpaired) electrons. The molecule has 0 spiro atoms. The van der Waals surface area contributed by atoms with Gasteiger partial charge >= 0.3 is 0 Å². The first-order valence-corrected chi connectivity index (χ1v) is 12.7.